The largest absolute Gasteiger partial charge is 0.497 e. The summed E-state index contributed by atoms with van der Waals surface area (Å²) in [5, 5.41) is 2.88. The lowest BCUT2D eigenvalue weighted by Gasteiger charge is -2.02. The van der Waals surface area contributed by atoms with E-state index in [2.05, 4.69) is 17.2 Å². The number of aromatic nitrogens is 1. The van der Waals surface area contributed by atoms with Gasteiger partial charge in [0.1, 0.15) is 5.75 Å². The van der Waals surface area contributed by atoms with Crippen LogP contribution in [0.1, 0.15) is 32.1 Å². The van der Waals surface area contributed by atoms with Crippen molar-refractivity contribution in [3.63, 3.8) is 0 Å². The highest BCUT2D eigenvalue weighted by Crippen LogP contribution is 2.24. The minimum atomic E-state index is 0.0366. The Balaban J connectivity index is 1.89. The summed E-state index contributed by atoms with van der Waals surface area (Å²) in [6.45, 7) is 2.83. The van der Waals surface area contributed by atoms with Gasteiger partial charge >= 0.3 is 0 Å². The summed E-state index contributed by atoms with van der Waals surface area (Å²) < 4.78 is 10.9. The first-order valence-corrected chi connectivity index (χ1v) is 7.58. The summed E-state index contributed by atoms with van der Waals surface area (Å²) in [5.41, 5.74) is 0.908. The Morgan fingerprint density at radius 3 is 3.05 bits per heavy atom. The molecule has 0 unspecified atom stereocenters. The zero-order valence-electron chi connectivity index (χ0n) is 13.1. The quantitative estimate of drug-likeness (QED) is 0.761. The molecular formula is C17H22N2O3. The average molecular weight is 302 g/mol. The van der Waals surface area contributed by atoms with Gasteiger partial charge < -0.3 is 14.5 Å². The number of methoxy groups -OCH3 is 1. The number of hydrogen-bond donors (Lipinski definition) is 1. The highest BCUT2D eigenvalue weighted by Gasteiger charge is 2.09. The molecule has 0 saturated heterocycles. The molecule has 0 aliphatic carbocycles. The van der Waals surface area contributed by atoms with Gasteiger partial charge in [0.15, 0.2) is 11.7 Å². The van der Waals surface area contributed by atoms with Crippen molar-refractivity contribution in [3.8, 4) is 17.1 Å². The highest BCUT2D eigenvalue weighted by atomic mass is 16.5. The van der Waals surface area contributed by atoms with Crippen LogP contribution in [0.3, 0.4) is 0 Å². The van der Waals surface area contributed by atoms with E-state index in [-0.39, 0.29) is 5.91 Å². The molecule has 1 amide bonds. The normalized spacial score (nSPS) is 10.5. The first kappa shape index (κ1) is 16.1. The number of rotatable bonds is 8. The van der Waals surface area contributed by atoms with Crippen LogP contribution in [-0.4, -0.2) is 24.5 Å². The number of carbonyl (C=O) groups excluding carboxylic acids is 1. The van der Waals surface area contributed by atoms with E-state index in [0.717, 1.165) is 30.7 Å². The fraction of sp³-hybridized carbons (Fsp3) is 0.412. The van der Waals surface area contributed by atoms with Crippen molar-refractivity contribution in [2.75, 3.05) is 13.7 Å². The molecular weight excluding hydrogens is 280 g/mol. The lowest BCUT2D eigenvalue weighted by Crippen LogP contribution is -2.24. The van der Waals surface area contributed by atoms with Crippen molar-refractivity contribution in [1.82, 2.24) is 10.3 Å². The van der Waals surface area contributed by atoms with Gasteiger partial charge in [-0.2, -0.15) is 0 Å². The smallest absolute Gasteiger partial charge is 0.220 e. The summed E-state index contributed by atoms with van der Waals surface area (Å²) in [4.78, 5) is 15.9. The third kappa shape index (κ3) is 4.62. The Bertz CT molecular complexity index is 607. The molecule has 0 spiro atoms. The van der Waals surface area contributed by atoms with Crippen molar-refractivity contribution in [2.24, 2.45) is 0 Å². The maximum atomic E-state index is 11.7. The van der Waals surface area contributed by atoms with Gasteiger partial charge in [-0.1, -0.05) is 25.5 Å². The Labute approximate surface area is 130 Å². The Morgan fingerprint density at radius 2 is 2.27 bits per heavy atom. The third-order valence-corrected chi connectivity index (χ3v) is 3.33. The molecule has 1 aromatic carbocycles. The van der Waals surface area contributed by atoms with Gasteiger partial charge in [-0.3, -0.25) is 4.79 Å². The lowest BCUT2D eigenvalue weighted by atomic mass is 10.2. The molecule has 2 aromatic rings. The van der Waals surface area contributed by atoms with E-state index in [1.54, 1.807) is 13.3 Å². The number of nitrogens with one attached hydrogen (secondary N) is 1. The molecule has 2 rings (SSSR count). The molecule has 1 N–H and O–H groups in total. The van der Waals surface area contributed by atoms with E-state index in [9.17, 15) is 4.79 Å². The summed E-state index contributed by atoms with van der Waals surface area (Å²) in [6, 6.07) is 7.60. The summed E-state index contributed by atoms with van der Waals surface area (Å²) in [6.07, 6.45) is 4.65. The topological polar surface area (TPSA) is 64.4 Å². The molecule has 0 radical (unpaired) electrons. The Kier molecular flexibility index (Phi) is 6.01. The molecule has 5 nitrogen and oxygen atoms in total. The molecule has 1 aromatic heterocycles. The molecule has 0 fully saturated rings. The van der Waals surface area contributed by atoms with Crippen LogP contribution in [-0.2, 0) is 11.2 Å². The predicted octanol–water partition coefficient (Wildman–Crippen LogP) is 3.20. The van der Waals surface area contributed by atoms with Crippen molar-refractivity contribution in [1.29, 1.82) is 0 Å². The molecule has 0 saturated carbocycles. The minimum Gasteiger partial charge on any atom is -0.497 e. The summed E-state index contributed by atoms with van der Waals surface area (Å²) in [7, 11) is 1.63. The summed E-state index contributed by atoms with van der Waals surface area (Å²) >= 11 is 0. The van der Waals surface area contributed by atoms with Gasteiger partial charge in [-0.05, 0) is 18.6 Å². The van der Waals surface area contributed by atoms with Gasteiger partial charge in [0.05, 0.1) is 13.3 Å². The van der Waals surface area contributed by atoms with Crippen LogP contribution in [0, 0.1) is 0 Å². The van der Waals surface area contributed by atoms with Gasteiger partial charge in [0.2, 0.25) is 5.91 Å². The number of ether oxygens (including phenoxy) is 1. The SMILES string of the molecule is CCCCNC(=O)CCc1ncc(-c2cccc(OC)c2)o1. The van der Waals surface area contributed by atoms with Crippen LogP contribution in [0.25, 0.3) is 11.3 Å². The van der Waals surface area contributed by atoms with Crippen LogP contribution in [0.2, 0.25) is 0 Å². The average Bonchev–Trinajstić information content (AvgIpc) is 3.02. The third-order valence-electron chi connectivity index (χ3n) is 3.33. The number of benzene rings is 1. The maximum absolute atomic E-state index is 11.7. The van der Waals surface area contributed by atoms with Gasteiger partial charge in [0, 0.05) is 24.9 Å². The maximum Gasteiger partial charge on any atom is 0.220 e. The van der Waals surface area contributed by atoms with Crippen molar-refractivity contribution in [2.45, 2.75) is 32.6 Å². The first-order chi connectivity index (χ1) is 10.7. The van der Waals surface area contributed by atoms with E-state index in [1.807, 2.05) is 24.3 Å². The van der Waals surface area contributed by atoms with E-state index in [0.29, 0.717) is 24.5 Å². The van der Waals surface area contributed by atoms with E-state index in [1.165, 1.54) is 0 Å². The fourth-order valence-corrected chi connectivity index (χ4v) is 2.05. The zero-order chi connectivity index (χ0) is 15.8. The fourth-order valence-electron chi connectivity index (χ4n) is 2.05. The number of unbranched alkanes of at least 4 members (excludes halogenated alkanes) is 1. The van der Waals surface area contributed by atoms with Crippen molar-refractivity contribution in [3.05, 3.63) is 36.4 Å². The summed E-state index contributed by atoms with van der Waals surface area (Å²) in [5.74, 6) is 2.06. The van der Waals surface area contributed by atoms with Crippen LogP contribution >= 0.6 is 0 Å². The number of oxazole rings is 1. The molecule has 0 atom stereocenters. The Hall–Kier alpha value is -2.30. The predicted molar refractivity (Wildman–Crippen MR) is 84.7 cm³/mol. The zero-order valence-corrected chi connectivity index (χ0v) is 13.1. The Morgan fingerprint density at radius 1 is 1.41 bits per heavy atom. The highest BCUT2D eigenvalue weighted by molar-refractivity contribution is 5.76. The van der Waals surface area contributed by atoms with Crippen LogP contribution in [0.15, 0.2) is 34.9 Å². The van der Waals surface area contributed by atoms with E-state index >= 15 is 0 Å². The lowest BCUT2D eigenvalue weighted by molar-refractivity contribution is -0.121. The number of aryl methyl sites for hydroxylation is 1. The number of hydrogen-bond acceptors (Lipinski definition) is 4. The van der Waals surface area contributed by atoms with Crippen LogP contribution < -0.4 is 10.1 Å². The molecule has 1 heterocycles. The van der Waals surface area contributed by atoms with Gasteiger partial charge in [-0.15, -0.1) is 0 Å². The second-order valence-electron chi connectivity index (χ2n) is 5.05. The molecule has 0 aliphatic heterocycles. The van der Waals surface area contributed by atoms with Gasteiger partial charge in [0.25, 0.3) is 0 Å². The molecule has 118 valence electrons. The molecule has 22 heavy (non-hydrogen) atoms. The molecule has 0 bridgehead atoms. The van der Waals surface area contributed by atoms with Gasteiger partial charge in [-0.25, -0.2) is 4.98 Å². The second-order valence-corrected chi connectivity index (χ2v) is 5.05. The van der Waals surface area contributed by atoms with Crippen LogP contribution in [0.4, 0.5) is 0 Å². The van der Waals surface area contributed by atoms with Crippen molar-refractivity contribution < 1.29 is 13.9 Å². The van der Waals surface area contributed by atoms with E-state index < -0.39 is 0 Å². The minimum absolute atomic E-state index is 0.0366. The number of amides is 1. The van der Waals surface area contributed by atoms with Crippen molar-refractivity contribution >= 4 is 5.91 Å². The molecule has 0 aliphatic rings. The monoisotopic (exact) mass is 302 g/mol. The van der Waals surface area contributed by atoms with E-state index in [4.69, 9.17) is 9.15 Å². The van der Waals surface area contributed by atoms with Crippen LogP contribution in [0.5, 0.6) is 5.75 Å². The second kappa shape index (κ2) is 8.22. The molecule has 5 heteroatoms. The first-order valence-electron chi connectivity index (χ1n) is 7.58. The standard InChI is InChI=1S/C17H22N2O3/c1-3-4-10-18-16(20)8-9-17-19-12-15(22-17)13-6-5-7-14(11-13)21-2/h5-7,11-12H,3-4,8-10H2,1-2H3,(H,18,20). The number of nitrogens with zero attached hydrogens (tertiary/aromatic N) is 1. The number of carbonyl (C=O) groups is 1.